The predicted octanol–water partition coefficient (Wildman–Crippen LogP) is 7.56. The zero-order valence-electron chi connectivity index (χ0n) is 26.8. The number of carbonyl (C=O) groups is 3. The molecule has 8 heteroatoms. The molecule has 0 fully saturated rings. The minimum Gasteiger partial charge on any atom is -0.478 e. The fourth-order valence-corrected chi connectivity index (χ4v) is 6.47. The number of esters is 1. The molecule has 1 unspecified atom stereocenters. The lowest BCUT2D eigenvalue weighted by molar-refractivity contribution is 0.0518. The largest absolute Gasteiger partial charge is 0.478 e. The molecule has 0 radical (unpaired) electrons. The lowest BCUT2D eigenvalue weighted by Gasteiger charge is -2.29. The van der Waals surface area contributed by atoms with Crippen LogP contribution in [-0.4, -0.2) is 50.8 Å². The van der Waals surface area contributed by atoms with Gasteiger partial charge >= 0.3 is 11.9 Å². The van der Waals surface area contributed by atoms with E-state index in [1.54, 1.807) is 22.6 Å². The van der Waals surface area contributed by atoms with Gasteiger partial charge in [-0.2, -0.15) is 5.10 Å². The molecule has 1 amide bonds. The lowest BCUT2D eigenvalue weighted by atomic mass is 9.92. The molecule has 0 spiro atoms. The maximum absolute atomic E-state index is 14.4. The number of hydrogen-bond donors (Lipinski definition) is 1. The van der Waals surface area contributed by atoms with Crippen LogP contribution in [0.25, 0.3) is 16.8 Å². The molecule has 0 bridgehead atoms. The molecular weight excluding hydrogens is 590 g/mol. The number of ether oxygens (including phenoxy) is 1. The molecule has 0 saturated carbocycles. The summed E-state index contributed by atoms with van der Waals surface area (Å²) >= 11 is 0. The van der Waals surface area contributed by atoms with Crippen LogP contribution < -0.4 is 0 Å². The SMILES string of the molecule is CCCCc1c(-c2ccc(C(=O)O)cc2C(=O)N2CCc3ccccc3C2)c(C(=O)OCC)nn1-c1ccc(C2C=CC=CC2)cc1. The van der Waals surface area contributed by atoms with Gasteiger partial charge in [-0.1, -0.05) is 80.1 Å². The molecule has 1 atom stereocenters. The number of amides is 1. The van der Waals surface area contributed by atoms with Crippen LogP contribution in [0, 0.1) is 0 Å². The summed E-state index contributed by atoms with van der Waals surface area (Å²) in [5, 5.41) is 14.8. The van der Waals surface area contributed by atoms with E-state index >= 15 is 0 Å². The molecule has 1 aromatic heterocycles. The Labute approximate surface area is 275 Å². The Balaban J connectivity index is 1.50. The molecular formula is C39H39N3O5. The summed E-state index contributed by atoms with van der Waals surface area (Å²) in [7, 11) is 0. The number of aromatic carboxylic acids is 1. The highest BCUT2D eigenvalue weighted by Crippen LogP contribution is 2.36. The molecule has 2 heterocycles. The van der Waals surface area contributed by atoms with E-state index in [4.69, 9.17) is 9.84 Å². The molecule has 6 rings (SSSR count). The summed E-state index contributed by atoms with van der Waals surface area (Å²) in [6.07, 6.45) is 12.4. The number of carbonyl (C=O) groups excluding carboxylic acids is 2. The summed E-state index contributed by atoms with van der Waals surface area (Å²) in [5.74, 6) is -1.73. The molecule has 240 valence electrons. The van der Waals surface area contributed by atoms with Crippen LogP contribution in [-0.2, 0) is 24.1 Å². The molecule has 4 aromatic rings. The van der Waals surface area contributed by atoms with E-state index in [2.05, 4.69) is 49.4 Å². The molecule has 1 aliphatic heterocycles. The Morgan fingerprint density at radius 2 is 1.77 bits per heavy atom. The van der Waals surface area contributed by atoms with E-state index in [-0.39, 0.29) is 29.3 Å². The first-order chi connectivity index (χ1) is 22.9. The maximum Gasteiger partial charge on any atom is 0.359 e. The first-order valence-electron chi connectivity index (χ1n) is 16.4. The minimum absolute atomic E-state index is 0.00288. The zero-order chi connectivity index (χ0) is 32.9. The first-order valence-corrected chi connectivity index (χ1v) is 16.4. The van der Waals surface area contributed by atoms with E-state index in [0.717, 1.165) is 36.2 Å². The summed E-state index contributed by atoms with van der Waals surface area (Å²) < 4.78 is 7.28. The van der Waals surface area contributed by atoms with Crippen molar-refractivity contribution in [1.82, 2.24) is 14.7 Å². The van der Waals surface area contributed by atoms with Gasteiger partial charge in [-0.15, -0.1) is 0 Å². The number of rotatable bonds is 10. The second-order valence-electron chi connectivity index (χ2n) is 12.0. The number of fused-ring (bicyclic) bond motifs is 1. The second-order valence-corrected chi connectivity index (χ2v) is 12.0. The summed E-state index contributed by atoms with van der Waals surface area (Å²) in [6, 6.07) is 20.8. The summed E-state index contributed by atoms with van der Waals surface area (Å²) in [4.78, 5) is 41.8. The van der Waals surface area contributed by atoms with E-state index in [0.29, 0.717) is 43.0 Å². The van der Waals surface area contributed by atoms with Crippen molar-refractivity contribution >= 4 is 17.8 Å². The highest BCUT2D eigenvalue weighted by Gasteiger charge is 2.31. The number of allylic oxidation sites excluding steroid dienone is 4. The van der Waals surface area contributed by atoms with E-state index in [1.165, 1.54) is 23.3 Å². The Hall–Kier alpha value is -5.24. The number of unbranched alkanes of at least 4 members (excludes halogenated alkanes) is 1. The number of carboxylic acid groups (broad SMARTS) is 1. The zero-order valence-corrected chi connectivity index (χ0v) is 26.8. The van der Waals surface area contributed by atoms with Crippen LogP contribution in [0.15, 0.2) is 91.0 Å². The predicted molar refractivity (Wildman–Crippen MR) is 181 cm³/mol. The third kappa shape index (κ3) is 6.54. The number of benzene rings is 3. The lowest BCUT2D eigenvalue weighted by Crippen LogP contribution is -2.36. The molecule has 3 aromatic carbocycles. The van der Waals surface area contributed by atoms with Crippen molar-refractivity contribution in [2.45, 2.75) is 58.4 Å². The number of carboxylic acids is 1. The van der Waals surface area contributed by atoms with E-state index < -0.39 is 11.9 Å². The molecule has 2 aliphatic rings. The Morgan fingerprint density at radius 1 is 0.979 bits per heavy atom. The average Bonchev–Trinajstić information content (AvgIpc) is 3.49. The van der Waals surface area contributed by atoms with Gasteiger partial charge in [-0.05, 0) is 79.1 Å². The normalized spacial score (nSPS) is 15.4. The Bertz CT molecular complexity index is 1870. The molecule has 47 heavy (non-hydrogen) atoms. The average molecular weight is 630 g/mol. The van der Waals surface area contributed by atoms with Crippen molar-refractivity contribution in [1.29, 1.82) is 0 Å². The summed E-state index contributed by atoms with van der Waals surface area (Å²) in [6.45, 7) is 4.90. The first kappa shape index (κ1) is 31.7. The highest BCUT2D eigenvalue weighted by atomic mass is 16.5. The van der Waals surface area contributed by atoms with Crippen LogP contribution in [0.5, 0.6) is 0 Å². The van der Waals surface area contributed by atoms with Crippen molar-refractivity contribution < 1.29 is 24.2 Å². The second kappa shape index (κ2) is 14.0. The van der Waals surface area contributed by atoms with E-state index in [1.807, 2.05) is 30.3 Å². The van der Waals surface area contributed by atoms with Gasteiger partial charge in [0, 0.05) is 30.1 Å². The monoisotopic (exact) mass is 629 g/mol. The van der Waals surface area contributed by atoms with Gasteiger partial charge in [0.1, 0.15) is 0 Å². The van der Waals surface area contributed by atoms with Crippen LogP contribution in [0.4, 0.5) is 0 Å². The van der Waals surface area contributed by atoms with Gasteiger partial charge < -0.3 is 14.7 Å². The molecule has 1 aliphatic carbocycles. The number of nitrogens with zero attached hydrogens (tertiary/aromatic N) is 3. The third-order valence-electron chi connectivity index (χ3n) is 8.95. The smallest absolute Gasteiger partial charge is 0.359 e. The van der Waals surface area contributed by atoms with Gasteiger partial charge in [0.05, 0.1) is 23.6 Å². The topological polar surface area (TPSA) is 102 Å². The molecule has 1 N–H and O–H groups in total. The Kier molecular flexibility index (Phi) is 9.47. The van der Waals surface area contributed by atoms with Crippen molar-refractivity contribution in [3.63, 3.8) is 0 Å². The quantitative estimate of drug-likeness (QED) is 0.182. The van der Waals surface area contributed by atoms with Crippen LogP contribution in [0.2, 0.25) is 0 Å². The summed E-state index contributed by atoms with van der Waals surface area (Å²) in [5.41, 5.74) is 6.29. The standard InChI is InChI=1S/C39H39N3O5/c1-3-5-15-34-35(36(39(46)47-4-2)40-42(34)31-19-16-28(17-20-31)26-11-7-6-8-12-26)32-21-18-29(38(44)45)24-33(32)37(43)41-23-22-27-13-9-10-14-30(27)25-41/h6-11,13-14,16-21,24,26H,3-5,12,15,22-23,25H2,1-2H3,(H,44,45). The van der Waals surface area contributed by atoms with Crippen LogP contribution in [0.1, 0.15) is 92.6 Å². The van der Waals surface area contributed by atoms with E-state index in [9.17, 15) is 19.5 Å². The maximum atomic E-state index is 14.4. The highest BCUT2D eigenvalue weighted by molar-refractivity contribution is 6.06. The van der Waals surface area contributed by atoms with Gasteiger partial charge in [0.15, 0.2) is 5.69 Å². The van der Waals surface area contributed by atoms with Gasteiger partial charge in [-0.25, -0.2) is 14.3 Å². The van der Waals surface area contributed by atoms with Crippen molar-refractivity contribution in [3.8, 4) is 16.8 Å². The van der Waals surface area contributed by atoms with Crippen LogP contribution >= 0.6 is 0 Å². The van der Waals surface area contributed by atoms with Crippen molar-refractivity contribution in [2.24, 2.45) is 0 Å². The molecule has 0 saturated heterocycles. The Morgan fingerprint density at radius 3 is 2.47 bits per heavy atom. The van der Waals surface area contributed by atoms with Gasteiger partial charge in [-0.3, -0.25) is 4.79 Å². The third-order valence-corrected chi connectivity index (χ3v) is 8.95. The molecule has 8 nitrogen and oxygen atoms in total. The van der Waals surface area contributed by atoms with Crippen molar-refractivity contribution in [2.75, 3.05) is 13.2 Å². The number of hydrogen-bond acceptors (Lipinski definition) is 5. The van der Waals surface area contributed by atoms with Gasteiger partial charge in [0.25, 0.3) is 5.91 Å². The van der Waals surface area contributed by atoms with Gasteiger partial charge in [0.2, 0.25) is 0 Å². The minimum atomic E-state index is -1.13. The fourth-order valence-electron chi connectivity index (χ4n) is 6.47. The van der Waals surface area contributed by atoms with Crippen molar-refractivity contribution in [3.05, 3.63) is 130 Å². The van der Waals surface area contributed by atoms with Crippen LogP contribution in [0.3, 0.4) is 0 Å². The number of aromatic nitrogens is 2. The fraction of sp³-hybridized carbons (Fsp3) is 0.282.